The lowest BCUT2D eigenvalue weighted by atomic mass is 9.77. The van der Waals surface area contributed by atoms with E-state index in [2.05, 4.69) is 5.32 Å². The van der Waals surface area contributed by atoms with Gasteiger partial charge in [-0.25, -0.2) is 0 Å². The van der Waals surface area contributed by atoms with Gasteiger partial charge in [0.15, 0.2) is 0 Å². The predicted octanol–water partition coefficient (Wildman–Crippen LogP) is 3.00. The Labute approximate surface area is 135 Å². The summed E-state index contributed by atoms with van der Waals surface area (Å²) in [6, 6.07) is 17.3. The Morgan fingerprint density at radius 2 is 1.74 bits per heavy atom. The number of nitrogens with one attached hydrogen (secondary N) is 1. The molecule has 0 radical (unpaired) electrons. The lowest BCUT2D eigenvalue weighted by molar-refractivity contribution is -0.131. The number of carbonyl (C=O) groups is 2. The third-order valence-corrected chi connectivity index (χ3v) is 4.17. The topological polar surface area (TPSA) is 55.4 Å². The molecule has 2 unspecified atom stereocenters. The van der Waals surface area contributed by atoms with Crippen molar-refractivity contribution in [3.05, 3.63) is 65.7 Å². The first-order valence-corrected chi connectivity index (χ1v) is 7.76. The van der Waals surface area contributed by atoms with Crippen LogP contribution in [0.1, 0.15) is 36.3 Å². The second-order valence-corrected chi connectivity index (χ2v) is 5.74. The number of piperidine rings is 1. The predicted molar refractivity (Wildman–Crippen MR) is 87.3 cm³/mol. The molecule has 0 spiro atoms. The third kappa shape index (κ3) is 3.42. The summed E-state index contributed by atoms with van der Waals surface area (Å²) >= 11 is 0. The maximum Gasteiger partial charge on any atom is 0.308 e. The van der Waals surface area contributed by atoms with Crippen molar-refractivity contribution in [2.45, 2.75) is 25.2 Å². The van der Waals surface area contributed by atoms with Crippen molar-refractivity contribution in [3.8, 4) is 5.75 Å². The highest BCUT2D eigenvalue weighted by atomic mass is 16.5. The van der Waals surface area contributed by atoms with Crippen molar-refractivity contribution < 1.29 is 14.3 Å². The van der Waals surface area contributed by atoms with Gasteiger partial charge in [0.1, 0.15) is 5.75 Å². The number of ether oxygens (including phenoxy) is 1. The minimum absolute atomic E-state index is 0.0662. The summed E-state index contributed by atoms with van der Waals surface area (Å²) in [7, 11) is 0. The molecule has 2 aromatic rings. The van der Waals surface area contributed by atoms with Crippen LogP contribution >= 0.6 is 0 Å². The molecule has 1 saturated heterocycles. The fourth-order valence-electron chi connectivity index (χ4n) is 3.16. The highest BCUT2D eigenvalue weighted by Crippen LogP contribution is 2.38. The normalized spacial score (nSPS) is 20.7. The number of carbonyl (C=O) groups excluding carboxylic acids is 2. The van der Waals surface area contributed by atoms with Crippen LogP contribution in [0.2, 0.25) is 0 Å². The quantitative estimate of drug-likeness (QED) is 0.700. The largest absolute Gasteiger partial charge is 0.427 e. The van der Waals surface area contributed by atoms with Gasteiger partial charge in [0.05, 0.1) is 5.92 Å². The van der Waals surface area contributed by atoms with Gasteiger partial charge in [-0.3, -0.25) is 9.59 Å². The second-order valence-electron chi connectivity index (χ2n) is 5.74. The Hall–Kier alpha value is -2.62. The van der Waals surface area contributed by atoms with Crippen molar-refractivity contribution in [3.63, 3.8) is 0 Å². The van der Waals surface area contributed by atoms with Crippen LogP contribution in [0.5, 0.6) is 5.75 Å². The Morgan fingerprint density at radius 3 is 2.39 bits per heavy atom. The van der Waals surface area contributed by atoms with Gasteiger partial charge in [0.2, 0.25) is 5.91 Å². The first kappa shape index (κ1) is 15.3. The molecular formula is C19H19NO3. The zero-order valence-electron chi connectivity index (χ0n) is 13.0. The van der Waals surface area contributed by atoms with E-state index >= 15 is 0 Å². The number of esters is 1. The van der Waals surface area contributed by atoms with E-state index in [0.717, 1.165) is 17.5 Å². The molecule has 118 valence electrons. The number of hydrogen-bond acceptors (Lipinski definition) is 3. The van der Waals surface area contributed by atoms with Gasteiger partial charge in [0, 0.05) is 19.4 Å². The van der Waals surface area contributed by atoms with Crippen LogP contribution in [-0.2, 0) is 9.59 Å². The average molecular weight is 309 g/mol. The summed E-state index contributed by atoms with van der Waals surface area (Å²) < 4.78 is 5.07. The molecule has 1 N–H and O–H groups in total. The van der Waals surface area contributed by atoms with Gasteiger partial charge in [-0.2, -0.15) is 0 Å². The van der Waals surface area contributed by atoms with Crippen LogP contribution in [0.3, 0.4) is 0 Å². The fourth-order valence-corrected chi connectivity index (χ4v) is 3.16. The molecule has 1 aliphatic rings. The molecule has 1 heterocycles. The van der Waals surface area contributed by atoms with Crippen molar-refractivity contribution >= 4 is 11.9 Å². The Bertz CT molecular complexity index is 694. The molecule has 2 aromatic carbocycles. The fraction of sp³-hybridized carbons (Fsp3) is 0.263. The SMILES string of the molecule is CC(=O)Oc1ccc(C2CCNC(=O)C2c2ccccc2)cc1. The first-order chi connectivity index (χ1) is 11.1. The van der Waals surface area contributed by atoms with Gasteiger partial charge in [-0.1, -0.05) is 42.5 Å². The van der Waals surface area contributed by atoms with Crippen LogP contribution in [0.25, 0.3) is 0 Å². The summed E-state index contributed by atoms with van der Waals surface area (Å²) in [5.41, 5.74) is 2.11. The Balaban J connectivity index is 1.89. The van der Waals surface area contributed by atoms with E-state index in [1.54, 1.807) is 12.1 Å². The third-order valence-electron chi connectivity index (χ3n) is 4.17. The summed E-state index contributed by atoms with van der Waals surface area (Å²) in [5.74, 6) is 0.188. The van der Waals surface area contributed by atoms with E-state index in [9.17, 15) is 9.59 Å². The lowest BCUT2D eigenvalue weighted by Gasteiger charge is -2.32. The van der Waals surface area contributed by atoms with Crippen molar-refractivity contribution in [1.29, 1.82) is 0 Å². The molecule has 0 aliphatic carbocycles. The Kier molecular flexibility index (Phi) is 4.42. The molecular weight excluding hydrogens is 290 g/mol. The van der Waals surface area contributed by atoms with E-state index in [-0.39, 0.29) is 23.7 Å². The average Bonchev–Trinajstić information content (AvgIpc) is 2.55. The Morgan fingerprint density at radius 1 is 1.04 bits per heavy atom. The second kappa shape index (κ2) is 6.65. The zero-order valence-corrected chi connectivity index (χ0v) is 13.0. The first-order valence-electron chi connectivity index (χ1n) is 7.76. The van der Waals surface area contributed by atoms with Gasteiger partial charge in [0.25, 0.3) is 0 Å². The van der Waals surface area contributed by atoms with E-state index in [1.807, 2.05) is 42.5 Å². The van der Waals surface area contributed by atoms with Crippen molar-refractivity contribution in [2.24, 2.45) is 0 Å². The van der Waals surface area contributed by atoms with Gasteiger partial charge in [-0.05, 0) is 29.7 Å². The van der Waals surface area contributed by atoms with Crippen LogP contribution in [0.15, 0.2) is 54.6 Å². The minimum atomic E-state index is -0.336. The monoisotopic (exact) mass is 309 g/mol. The maximum absolute atomic E-state index is 12.4. The summed E-state index contributed by atoms with van der Waals surface area (Å²) in [5, 5.41) is 2.96. The molecule has 0 saturated carbocycles. The van der Waals surface area contributed by atoms with Crippen molar-refractivity contribution in [1.82, 2.24) is 5.32 Å². The van der Waals surface area contributed by atoms with E-state index in [4.69, 9.17) is 4.74 Å². The van der Waals surface area contributed by atoms with Gasteiger partial charge < -0.3 is 10.1 Å². The van der Waals surface area contributed by atoms with E-state index < -0.39 is 0 Å². The molecule has 0 bridgehead atoms. The number of hydrogen-bond donors (Lipinski definition) is 1. The molecule has 1 fully saturated rings. The van der Waals surface area contributed by atoms with Crippen LogP contribution in [-0.4, -0.2) is 18.4 Å². The molecule has 2 atom stereocenters. The van der Waals surface area contributed by atoms with Gasteiger partial charge in [-0.15, -0.1) is 0 Å². The molecule has 0 aromatic heterocycles. The van der Waals surface area contributed by atoms with Crippen LogP contribution < -0.4 is 10.1 Å². The molecule has 4 heteroatoms. The molecule has 4 nitrogen and oxygen atoms in total. The van der Waals surface area contributed by atoms with E-state index in [0.29, 0.717) is 12.3 Å². The molecule has 3 rings (SSSR count). The van der Waals surface area contributed by atoms with Crippen LogP contribution in [0.4, 0.5) is 0 Å². The minimum Gasteiger partial charge on any atom is -0.427 e. The summed E-state index contributed by atoms with van der Waals surface area (Å²) in [6.07, 6.45) is 0.887. The highest BCUT2D eigenvalue weighted by Gasteiger charge is 2.34. The smallest absolute Gasteiger partial charge is 0.308 e. The maximum atomic E-state index is 12.4. The number of rotatable bonds is 3. The highest BCUT2D eigenvalue weighted by molar-refractivity contribution is 5.85. The molecule has 1 amide bonds. The summed E-state index contributed by atoms with van der Waals surface area (Å²) in [4.78, 5) is 23.4. The van der Waals surface area contributed by atoms with E-state index in [1.165, 1.54) is 6.92 Å². The van der Waals surface area contributed by atoms with Crippen LogP contribution in [0, 0.1) is 0 Å². The number of amides is 1. The molecule has 1 aliphatic heterocycles. The number of benzene rings is 2. The standard InChI is InChI=1S/C19H19NO3/c1-13(21)23-16-9-7-14(8-10-16)17-11-12-20-19(22)18(17)15-5-3-2-4-6-15/h2-10,17-18H,11-12H2,1H3,(H,20,22). The van der Waals surface area contributed by atoms with Crippen molar-refractivity contribution in [2.75, 3.05) is 6.54 Å². The summed E-state index contributed by atoms with van der Waals surface area (Å²) in [6.45, 7) is 2.06. The zero-order chi connectivity index (χ0) is 16.2. The lowest BCUT2D eigenvalue weighted by Crippen LogP contribution is -2.39. The molecule has 23 heavy (non-hydrogen) atoms. The van der Waals surface area contributed by atoms with Gasteiger partial charge >= 0.3 is 5.97 Å².